The molecular weight excluding hydrogens is 182 g/mol. The molecule has 0 atom stereocenters. The van der Waals surface area contributed by atoms with Crippen LogP contribution in [0.2, 0.25) is 0 Å². The topological polar surface area (TPSA) is 17.1 Å². The van der Waals surface area contributed by atoms with Gasteiger partial charge in [0.25, 0.3) is 0 Å². The molecule has 7 heavy (non-hydrogen) atoms. The first-order valence-corrected chi connectivity index (χ1v) is 11.5. The van der Waals surface area contributed by atoms with Gasteiger partial charge in [-0.3, -0.25) is 0 Å². The van der Waals surface area contributed by atoms with Crippen LogP contribution in [0.15, 0.2) is 0 Å². The van der Waals surface area contributed by atoms with E-state index in [-0.39, 0.29) is 0 Å². The first kappa shape index (κ1) is 8.83. The maximum atomic E-state index is 10.6. The van der Waals surface area contributed by atoms with Gasteiger partial charge < -0.3 is 0 Å². The molecule has 0 rings (SSSR count). The van der Waals surface area contributed by atoms with Gasteiger partial charge in [0.2, 0.25) is 0 Å². The van der Waals surface area contributed by atoms with Gasteiger partial charge in [0, 0.05) is 0 Å². The third kappa shape index (κ3) is 4.34. The molecule has 0 bridgehead atoms. The van der Waals surface area contributed by atoms with E-state index in [9.17, 15) is 4.79 Å². The van der Waals surface area contributed by atoms with Crippen LogP contribution in [0, 0.1) is 5.92 Å². The van der Waals surface area contributed by atoms with Crippen LogP contribution in [-0.4, -0.2) is 55.7 Å². The van der Waals surface area contributed by atoms with Crippen molar-refractivity contribution < 1.29 is 4.79 Å². The molecule has 1 nitrogen and oxygen atoms in total. The van der Waals surface area contributed by atoms with E-state index in [2.05, 4.69) is 0 Å². The Kier molecular flexibility index (Phi) is 5.90. The summed E-state index contributed by atoms with van der Waals surface area (Å²) in [5, 5.41) is 0. The van der Waals surface area contributed by atoms with E-state index in [1.165, 1.54) is 0 Å². The van der Waals surface area contributed by atoms with Gasteiger partial charge in [-0.25, -0.2) is 0 Å². The van der Waals surface area contributed by atoms with E-state index in [0.717, 1.165) is 45.4 Å². The second kappa shape index (κ2) is 4.68. The number of carbonyl (C=O) groups is 1. The summed E-state index contributed by atoms with van der Waals surface area (Å²) in [6, 6.07) is 0. The number of hydrogen-bond donors (Lipinski definition) is 0. The normalized spacial score (nSPS) is 9.86. The van der Waals surface area contributed by atoms with E-state index >= 15 is 0 Å². The van der Waals surface area contributed by atoms with Gasteiger partial charge in [-0.15, -0.1) is 0 Å². The average molecular weight is 189 g/mol. The third-order valence-corrected chi connectivity index (χ3v) is 5.77. The SMILES string of the molecule is CC(C)C(=O)[Se][K]. The van der Waals surface area contributed by atoms with Crippen molar-refractivity contribution in [3.8, 4) is 0 Å². The summed E-state index contributed by atoms with van der Waals surface area (Å²) in [6.45, 7) is 3.94. The van der Waals surface area contributed by atoms with Crippen molar-refractivity contribution >= 4 is 55.7 Å². The molecule has 0 amide bonds. The molecule has 0 aromatic carbocycles. The van der Waals surface area contributed by atoms with Gasteiger partial charge in [-0.1, -0.05) is 0 Å². The zero-order valence-corrected chi connectivity index (χ0v) is 9.73. The van der Waals surface area contributed by atoms with E-state index < -0.39 is 0 Å². The van der Waals surface area contributed by atoms with Gasteiger partial charge in [0.15, 0.2) is 0 Å². The molecule has 0 fully saturated rings. The van der Waals surface area contributed by atoms with Crippen molar-refractivity contribution in [1.29, 1.82) is 0 Å². The molecule has 0 N–H and O–H groups in total. The number of rotatable bonds is 2. The Morgan fingerprint density at radius 3 is 2.14 bits per heavy atom. The first-order valence-electron chi connectivity index (χ1n) is 2.26. The third-order valence-electron chi connectivity index (χ3n) is 0.673. The van der Waals surface area contributed by atoms with E-state index in [4.69, 9.17) is 0 Å². The molecule has 0 saturated carbocycles. The van der Waals surface area contributed by atoms with Gasteiger partial charge in [0.1, 0.15) is 0 Å². The summed E-state index contributed by atoms with van der Waals surface area (Å²) in [5.41, 5.74) is 0.404. The van der Waals surface area contributed by atoms with Crippen molar-refractivity contribution in [3.63, 3.8) is 0 Å². The molecule has 0 aliphatic carbocycles. The molecule has 0 aliphatic rings. The van der Waals surface area contributed by atoms with Crippen LogP contribution >= 0.6 is 0 Å². The van der Waals surface area contributed by atoms with Crippen LogP contribution in [0.4, 0.5) is 0 Å². The zero-order valence-electron chi connectivity index (χ0n) is 4.89. The van der Waals surface area contributed by atoms with Gasteiger partial charge in [-0.05, 0) is 0 Å². The first-order chi connectivity index (χ1) is 3.18. The van der Waals surface area contributed by atoms with E-state index in [1.807, 2.05) is 13.8 Å². The van der Waals surface area contributed by atoms with Gasteiger partial charge >= 0.3 is 80.2 Å². The van der Waals surface area contributed by atoms with Crippen molar-refractivity contribution in [2.45, 2.75) is 13.8 Å². The summed E-state index contributed by atoms with van der Waals surface area (Å²) in [4.78, 5) is 10.6. The Morgan fingerprint density at radius 2 is 2.14 bits per heavy atom. The Hall–Kier alpha value is 1.83. The molecule has 0 heterocycles. The fourth-order valence-electron chi connectivity index (χ4n) is 0.236. The van der Waals surface area contributed by atoms with Crippen molar-refractivity contribution in [3.05, 3.63) is 0 Å². The summed E-state index contributed by atoms with van der Waals surface area (Å²) >= 11 is 0.779. The standard InChI is InChI=1S/C4H8OSe.K/c1-3(2)4(5)6;/h3H,1-2H3,(H,5,6);/q;+1/p-1. The van der Waals surface area contributed by atoms with E-state index in [0.29, 0.717) is 16.2 Å². The summed E-state index contributed by atoms with van der Waals surface area (Å²) in [7, 11) is 0. The molecular formula is C4H7KOSe. The van der Waals surface area contributed by atoms with Crippen LogP contribution < -0.4 is 0 Å². The van der Waals surface area contributed by atoms with Gasteiger partial charge in [-0.2, -0.15) is 0 Å². The Morgan fingerprint density at radius 1 is 1.71 bits per heavy atom. The Balaban J connectivity index is 3.35. The average Bonchev–Trinajstić information content (AvgIpc) is 1.65. The van der Waals surface area contributed by atoms with Crippen LogP contribution in [0.1, 0.15) is 13.8 Å². The van der Waals surface area contributed by atoms with Crippen LogP contribution in [0.3, 0.4) is 0 Å². The second-order valence-corrected chi connectivity index (χ2v) is 6.69. The Bertz CT molecular complexity index is 72.1. The predicted molar refractivity (Wildman–Crippen MR) is 31.4 cm³/mol. The summed E-state index contributed by atoms with van der Waals surface area (Å²) in [6.07, 6.45) is 0. The fraction of sp³-hybridized carbons (Fsp3) is 0.750. The fourth-order valence-corrected chi connectivity index (χ4v) is 5.05. The van der Waals surface area contributed by atoms with Crippen molar-refractivity contribution in [2.75, 3.05) is 0 Å². The molecule has 0 aromatic rings. The predicted octanol–water partition coefficient (Wildman–Crippen LogP) is -0.0433. The minimum atomic E-state index is 0.302. The van der Waals surface area contributed by atoms with Crippen LogP contribution in [-0.2, 0) is 4.79 Å². The molecule has 0 unspecified atom stereocenters. The monoisotopic (exact) mass is 190 g/mol. The quantitative estimate of drug-likeness (QED) is 0.557. The molecule has 3 heteroatoms. The molecule has 0 aromatic heterocycles. The molecule has 0 aliphatic heterocycles. The minimum absolute atomic E-state index is 0.302. The zero-order chi connectivity index (χ0) is 5.86. The van der Waals surface area contributed by atoms with Crippen molar-refractivity contribution in [1.82, 2.24) is 0 Å². The van der Waals surface area contributed by atoms with E-state index in [1.54, 1.807) is 0 Å². The number of carbonyl (C=O) groups excluding carboxylic acids is 1. The van der Waals surface area contributed by atoms with Crippen LogP contribution in [0.25, 0.3) is 0 Å². The van der Waals surface area contributed by atoms with Crippen molar-refractivity contribution in [2.24, 2.45) is 5.92 Å². The molecule has 0 radical (unpaired) electrons. The van der Waals surface area contributed by atoms with Gasteiger partial charge in [0.05, 0.1) is 0 Å². The van der Waals surface area contributed by atoms with Crippen LogP contribution in [0.5, 0.6) is 0 Å². The number of hydrogen-bond acceptors (Lipinski definition) is 1. The summed E-state index contributed by atoms with van der Waals surface area (Å²) < 4.78 is 0.493. The molecule has 0 spiro atoms. The second-order valence-electron chi connectivity index (χ2n) is 1.68. The molecule has 0 saturated heterocycles. The maximum absolute atomic E-state index is 10.6. The molecule has 36 valence electrons. The summed E-state index contributed by atoms with van der Waals surface area (Å²) in [5.74, 6) is 0.302. The Labute approximate surface area is 78.4 Å².